The van der Waals surface area contributed by atoms with E-state index in [0.717, 1.165) is 37.6 Å². The average molecular weight is 222 g/mol. The Morgan fingerprint density at radius 2 is 2.31 bits per heavy atom. The van der Waals surface area contributed by atoms with E-state index in [2.05, 4.69) is 29.2 Å². The Balaban J connectivity index is 1.90. The summed E-state index contributed by atoms with van der Waals surface area (Å²) in [6.45, 7) is 5.21. The first-order valence-corrected chi connectivity index (χ1v) is 6.08. The van der Waals surface area contributed by atoms with E-state index < -0.39 is 0 Å². The van der Waals surface area contributed by atoms with Gasteiger partial charge in [-0.05, 0) is 33.1 Å². The van der Waals surface area contributed by atoms with Gasteiger partial charge in [0.2, 0.25) is 5.95 Å². The molecule has 1 aromatic rings. The Labute approximate surface area is 95.2 Å². The molecule has 5 heteroatoms. The van der Waals surface area contributed by atoms with Crippen LogP contribution in [0, 0.1) is 0 Å². The summed E-state index contributed by atoms with van der Waals surface area (Å²) >= 11 is 0. The second-order valence-corrected chi connectivity index (χ2v) is 4.87. The molecule has 0 aromatic carbocycles. The average Bonchev–Trinajstić information content (AvgIpc) is 2.82. The molecule has 0 aliphatic carbocycles. The molecule has 2 aliphatic rings. The van der Waals surface area contributed by atoms with Crippen molar-refractivity contribution < 1.29 is 4.74 Å². The fraction of sp³-hybridized carbons (Fsp3) is 0.818. The van der Waals surface area contributed by atoms with Crippen molar-refractivity contribution in [2.24, 2.45) is 0 Å². The van der Waals surface area contributed by atoms with Crippen molar-refractivity contribution in [2.45, 2.75) is 51.3 Å². The van der Waals surface area contributed by atoms with Crippen molar-refractivity contribution in [2.75, 3.05) is 11.9 Å². The normalized spacial score (nSPS) is 33.5. The molecule has 3 unspecified atom stereocenters. The number of aromatic nitrogens is 3. The molecule has 1 fully saturated rings. The summed E-state index contributed by atoms with van der Waals surface area (Å²) in [6.07, 6.45) is 3.38. The van der Waals surface area contributed by atoms with Crippen LogP contribution in [0.5, 0.6) is 0 Å². The lowest BCUT2D eigenvalue weighted by molar-refractivity contribution is 0.104. The van der Waals surface area contributed by atoms with Gasteiger partial charge in [-0.15, -0.1) is 0 Å². The first-order chi connectivity index (χ1) is 7.74. The van der Waals surface area contributed by atoms with Crippen LogP contribution in [0.2, 0.25) is 0 Å². The van der Waals surface area contributed by atoms with Crippen LogP contribution in [0.4, 0.5) is 5.95 Å². The molecular formula is C11H18N4O. The Kier molecular flexibility index (Phi) is 2.35. The molecule has 3 heterocycles. The van der Waals surface area contributed by atoms with Gasteiger partial charge in [0.05, 0.1) is 6.04 Å². The van der Waals surface area contributed by atoms with Gasteiger partial charge in [0, 0.05) is 12.6 Å². The molecule has 1 aromatic heterocycles. The number of nitrogens with one attached hydrogen (secondary N) is 1. The molecule has 0 radical (unpaired) electrons. The standard InChI is InChI=1S/C11H18N4O/c1-7-6-8(2)15-11(12-7)13-10(14-15)9-4-3-5-16-9/h7-9H,3-6H2,1-2H3,(H,12,13,14). The maximum Gasteiger partial charge on any atom is 0.221 e. The number of hydrogen-bond donors (Lipinski definition) is 1. The maximum absolute atomic E-state index is 5.61. The summed E-state index contributed by atoms with van der Waals surface area (Å²) in [4.78, 5) is 4.55. The first-order valence-electron chi connectivity index (χ1n) is 6.08. The van der Waals surface area contributed by atoms with Crippen LogP contribution < -0.4 is 5.32 Å². The summed E-state index contributed by atoms with van der Waals surface area (Å²) in [6, 6.07) is 0.901. The largest absolute Gasteiger partial charge is 0.370 e. The van der Waals surface area contributed by atoms with Crippen LogP contribution >= 0.6 is 0 Å². The minimum atomic E-state index is 0.113. The Morgan fingerprint density at radius 3 is 3.06 bits per heavy atom. The predicted octanol–water partition coefficient (Wildman–Crippen LogP) is 1.89. The topological polar surface area (TPSA) is 52.0 Å². The molecule has 88 valence electrons. The van der Waals surface area contributed by atoms with E-state index in [9.17, 15) is 0 Å². The molecule has 5 nitrogen and oxygen atoms in total. The number of anilines is 1. The second-order valence-electron chi connectivity index (χ2n) is 4.87. The third-order valence-corrected chi connectivity index (χ3v) is 3.35. The molecule has 0 amide bonds. The minimum Gasteiger partial charge on any atom is -0.370 e. The van der Waals surface area contributed by atoms with Gasteiger partial charge in [-0.1, -0.05) is 0 Å². The maximum atomic E-state index is 5.61. The zero-order chi connectivity index (χ0) is 11.1. The smallest absolute Gasteiger partial charge is 0.221 e. The van der Waals surface area contributed by atoms with Crippen LogP contribution in [-0.2, 0) is 4.74 Å². The Morgan fingerprint density at radius 1 is 1.44 bits per heavy atom. The van der Waals surface area contributed by atoms with Gasteiger partial charge in [0.1, 0.15) is 6.10 Å². The van der Waals surface area contributed by atoms with Crippen LogP contribution in [0.25, 0.3) is 0 Å². The molecule has 0 saturated carbocycles. The molecule has 3 atom stereocenters. The highest BCUT2D eigenvalue weighted by Gasteiger charge is 2.28. The lowest BCUT2D eigenvalue weighted by atomic mass is 10.1. The van der Waals surface area contributed by atoms with Gasteiger partial charge < -0.3 is 10.1 Å². The molecule has 2 aliphatic heterocycles. The van der Waals surface area contributed by atoms with Crippen molar-refractivity contribution in [3.63, 3.8) is 0 Å². The Hall–Kier alpha value is -1.10. The monoisotopic (exact) mass is 222 g/mol. The quantitative estimate of drug-likeness (QED) is 0.788. The van der Waals surface area contributed by atoms with Gasteiger partial charge in [0.25, 0.3) is 0 Å². The molecule has 0 bridgehead atoms. The summed E-state index contributed by atoms with van der Waals surface area (Å²) in [5.41, 5.74) is 0. The number of nitrogens with zero attached hydrogens (tertiary/aromatic N) is 3. The van der Waals surface area contributed by atoms with Crippen LogP contribution in [-0.4, -0.2) is 27.4 Å². The highest BCUT2D eigenvalue weighted by atomic mass is 16.5. The van der Waals surface area contributed by atoms with E-state index in [1.807, 2.05) is 4.68 Å². The zero-order valence-electron chi connectivity index (χ0n) is 9.81. The highest BCUT2D eigenvalue weighted by Crippen LogP contribution is 2.30. The van der Waals surface area contributed by atoms with E-state index in [0.29, 0.717) is 12.1 Å². The number of hydrogen-bond acceptors (Lipinski definition) is 4. The summed E-state index contributed by atoms with van der Waals surface area (Å²) in [5.74, 6) is 1.75. The van der Waals surface area contributed by atoms with Crippen LogP contribution in [0.3, 0.4) is 0 Å². The molecule has 3 rings (SSSR count). The third-order valence-electron chi connectivity index (χ3n) is 3.35. The molecule has 16 heavy (non-hydrogen) atoms. The summed E-state index contributed by atoms with van der Waals surface area (Å²) in [7, 11) is 0. The van der Waals surface area contributed by atoms with E-state index >= 15 is 0 Å². The first kappa shape index (κ1) is 10.1. The second kappa shape index (κ2) is 3.73. The fourth-order valence-corrected chi connectivity index (χ4v) is 2.55. The summed E-state index contributed by atoms with van der Waals surface area (Å²) < 4.78 is 7.61. The predicted molar refractivity (Wildman–Crippen MR) is 60.4 cm³/mol. The fourth-order valence-electron chi connectivity index (χ4n) is 2.55. The van der Waals surface area contributed by atoms with E-state index in [1.165, 1.54) is 0 Å². The Bertz CT molecular complexity index is 383. The molecule has 1 N–H and O–H groups in total. The summed E-state index contributed by atoms with van der Waals surface area (Å²) in [5, 5.41) is 7.93. The van der Waals surface area contributed by atoms with Crippen molar-refractivity contribution in [3.05, 3.63) is 5.82 Å². The van der Waals surface area contributed by atoms with Gasteiger partial charge in [0.15, 0.2) is 5.82 Å². The number of fused-ring (bicyclic) bond motifs is 1. The van der Waals surface area contributed by atoms with Gasteiger partial charge in [-0.2, -0.15) is 10.1 Å². The zero-order valence-corrected chi connectivity index (χ0v) is 9.81. The molecule has 0 spiro atoms. The highest BCUT2D eigenvalue weighted by molar-refractivity contribution is 5.30. The lowest BCUT2D eigenvalue weighted by Crippen LogP contribution is -2.29. The van der Waals surface area contributed by atoms with Gasteiger partial charge in [-0.25, -0.2) is 4.68 Å². The number of rotatable bonds is 1. The van der Waals surface area contributed by atoms with E-state index in [1.54, 1.807) is 0 Å². The van der Waals surface area contributed by atoms with Crippen LogP contribution in [0.1, 0.15) is 51.1 Å². The van der Waals surface area contributed by atoms with E-state index in [-0.39, 0.29) is 6.10 Å². The number of ether oxygens (including phenoxy) is 1. The van der Waals surface area contributed by atoms with Gasteiger partial charge in [-0.3, -0.25) is 0 Å². The SMILES string of the molecule is CC1CC(C)n2nc(C3CCCO3)nc2N1. The van der Waals surface area contributed by atoms with Crippen molar-refractivity contribution in [1.29, 1.82) is 0 Å². The van der Waals surface area contributed by atoms with Gasteiger partial charge >= 0.3 is 0 Å². The third kappa shape index (κ3) is 1.59. The molecular weight excluding hydrogens is 204 g/mol. The minimum absolute atomic E-state index is 0.113. The van der Waals surface area contributed by atoms with Crippen molar-refractivity contribution >= 4 is 5.95 Å². The van der Waals surface area contributed by atoms with Crippen molar-refractivity contribution in [3.8, 4) is 0 Å². The van der Waals surface area contributed by atoms with E-state index in [4.69, 9.17) is 4.74 Å². The molecule has 1 saturated heterocycles. The van der Waals surface area contributed by atoms with Crippen LogP contribution in [0.15, 0.2) is 0 Å². The van der Waals surface area contributed by atoms with Crippen molar-refractivity contribution in [1.82, 2.24) is 14.8 Å². The lowest BCUT2D eigenvalue weighted by Gasteiger charge is -2.26.